The van der Waals surface area contributed by atoms with Gasteiger partial charge in [0.25, 0.3) is 5.91 Å². The molecule has 0 unspecified atom stereocenters. The largest absolute Gasteiger partial charge is 0.495 e. The Morgan fingerprint density at radius 3 is 2.64 bits per heavy atom. The van der Waals surface area contributed by atoms with Gasteiger partial charge in [0, 0.05) is 38.3 Å². The number of ether oxygens (including phenoxy) is 1. The van der Waals surface area contributed by atoms with E-state index in [9.17, 15) is 4.79 Å². The molecule has 0 bridgehead atoms. The molecule has 0 radical (unpaired) electrons. The molecular weight excluding hydrogens is 350 g/mol. The summed E-state index contributed by atoms with van der Waals surface area (Å²) in [7, 11) is 1.67. The highest BCUT2D eigenvalue weighted by molar-refractivity contribution is 5.96. The molecular formula is C23H33N3O2. The standard InChI is InChI=1S/C23H33N3O2/c1-4-19(17-20(5-2)23(27)26-15-9-6-10-16-26)18-24-13-14-25-21-11-7-8-12-22(21)28-3/h4-5,7-8,11-12,17,24-25H,2,6,9-10,13-16,18H2,1,3H3/b19-4+,20-17+. The zero-order chi connectivity index (χ0) is 20.2. The van der Waals surface area contributed by atoms with E-state index in [4.69, 9.17) is 4.74 Å². The van der Waals surface area contributed by atoms with Gasteiger partial charge in [-0.05, 0) is 50.0 Å². The molecule has 1 saturated heterocycles. The summed E-state index contributed by atoms with van der Waals surface area (Å²) in [5.41, 5.74) is 2.74. The molecule has 0 aromatic heterocycles. The molecule has 1 amide bonds. The number of hydrogen-bond acceptors (Lipinski definition) is 4. The van der Waals surface area contributed by atoms with Crippen LogP contribution in [0.3, 0.4) is 0 Å². The quantitative estimate of drug-likeness (QED) is 0.367. The van der Waals surface area contributed by atoms with E-state index in [1.165, 1.54) is 6.42 Å². The molecule has 1 fully saturated rings. The van der Waals surface area contributed by atoms with Crippen molar-refractivity contribution in [2.45, 2.75) is 26.2 Å². The summed E-state index contributed by atoms with van der Waals surface area (Å²) in [4.78, 5) is 14.6. The summed E-state index contributed by atoms with van der Waals surface area (Å²) in [6, 6.07) is 7.88. The molecule has 1 heterocycles. The van der Waals surface area contributed by atoms with E-state index in [1.807, 2.05) is 48.2 Å². The molecule has 5 heteroatoms. The maximum Gasteiger partial charge on any atom is 0.253 e. The number of piperidine rings is 1. The number of nitrogens with zero attached hydrogens (tertiary/aromatic N) is 1. The van der Waals surface area contributed by atoms with Crippen molar-refractivity contribution in [2.75, 3.05) is 45.2 Å². The van der Waals surface area contributed by atoms with Crippen LogP contribution in [0.2, 0.25) is 0 Å². The summed E-state index contributed by atoms with van der Waals surface area (Å²) in [5.74, 6) is 0.929. The lowest BCUT2D eigenvalue weighted by Crippen LogP contribution is -2.36. The second kappa shape index (κ2) is 12.0. The van der Waals surface area contributed by atoms with Gasteiger partial charge in [0.2, 0.25) is 0 Å². The Hall–Kier alpha value is -2.53. The van der Waals surface area contributed by atoms with Gasteiger partial charge in [-0.3, -0.25) is 4.79 Å². The molecule has 2 N–H and O–H groups in total. The zero-order valence-corrected chi connectivity index (χ0v) is 17.2. The van der Waals surface area contributed by atoms with Crippen LogP contribution in [0, 0.1) is 0 Å². The first-order valence-corrected chi connectivity index (χ1v) is 10.1. The third kappa shape index (κ3) is 6.57. The fourth-order valence-corrected chi connectivity index (χ4v) is 3.23. The third-order valence-corrected chi connectivity index (χ3v) is 4.88. The first-order chi connectivity index (χ1) is 13.7. The normalized spacial score (nSPS) is 15.3. The highest BCUT2D eigenvalue weighted by Gasteiger charge is 2.18. The Morgan fingerprint density at radius 2 is 1.96 bits per heavy atom. The van der Waals surface area contributed by atoms with Crippen LogP contribution in [0.4, 0.5) is 5.69 Å². The lowest BCUT2D eigenvalue weighted by molar-refractivity contribution is -0.127. The van der Waals surface area contributed by atoms with Gasteiger partial charge in [0.1, 0.15) is 5.75 Å². The molecule has 152 valence electrons. The summed E-state index contributed by atoms with van der Waals surface area (Å²) < 4.78 is 5.34. The van der Waals surface area contributed by atoms with Crippen LogP contribution in [0.25, 0.3) is 0 Å². The summed E-state index contributed by atoms with van der Waals surface area (Å²) >= 11 is 0. The predicted octanol–water partition coefficient (Wildman–Crippen LogP) is 3.77. The van der Waals surface area contributed by atoms with E-state index in [1.54, 1.807) is 13.2 Å². The molecule has 1 aromatic carbocycles. The lowest BCUT2D eigenvalue weighted by atomic mass is 10.1. The number of hydrogen-bond donors (Lipinski definition) is 2. The van der Waals surface area contributed by atoms with Crippen LogP contribution in [-0.2, 0) is 4.79 Å². The highest BCUT2D eigenvalue weighted by Crippen LogP contribution is 2.22. The number of carbonyl (C=O) groups is 1. The van der Waals surface area contributed by atoms with E-state index in [-0.39, 0.29) is 5.91 Å². The fraction of sp³-hybridized carbons (Fsp3) is 0.435. The van der Waals surface area contributed by atoms with Crippen LogP contribution in [0.15, 0.2) is 60.2 Å². The molecule has 0 aliphatic carbocycles. The van der Waals surface area contributed by atoms with Gasteiger partial charge in [0.15, 0.2) is 0 Å². The number of benzene rings is 1. The van der Waals surface area contributed by atoms with Gasteiger partial charge in [-0.25, -0.2) is 0 Å². The van der Waals surface area contributed by atoms with Crippen molar-refractivity contribution in [1.82, 2.24) is 10.2 Å². The van der Waals surface area contributed by atoms with E-state index in [0.717, 1.165) is 56.0 Å². The van der Waals surface area contributed by atoms with Crippen molar-refractivity contribution in [1.29, 1.82) is 0 Å². The number of amides is 1. The zero-order valence-electron chi connectivity index (χ0n) is 17.2. The molecule has 2 rings (SSSR count). The minimum absolute atomic E-state index is 0.0897. The van der Waals surface area contributed by atoms with Gasteiger partial charge in [0.05, 0.1) is 12.8 Å². The lowest BCUT2D eigenvalue weighted by Gasteiger charge is -2.27. The molecule has 1 aliphatic heterocycles. The number of anilines is 1. The van der Waals surface area contributed by atoms with Crippen molar-refractivity contribution in [3.8, 4) is 5.75 Å². The van der Waals surface area contributed by atoms with Crippen molar-refractivity contribution in [3.05, 3.63) is 60.2 Å². The number of carbonyl (C=O) groups excluding carboxylic acids is 1. The van der Waals surface area contributed by atoms with Crippen molar-refractivity contribution in [2.24, 2.45) is 0 Å². The van der Waals surface area contributed by atoms with Crippen LogP contribution in [-0.4, -0.2) is 50.6 Å². The average molecular weight is 384 g/mol. The van der Waals surface area contributed by atoms with Gasteiger partial charge in [-0.1, -0.05) is 30.9 Å². The number of allylic oxidation sites excluding steroid dienone is 1. The van der Waals surface area contributed by atoms with Gasteiger partial charge >= 0.3 is 0 Å². The second-order valence-corrected chi connectivity index (χ2v) is 6.82. The van der Waals surface area contributed by atoms with Gasteiger partial charge in [-0.15, -0.1) is 0 Å². The molecule has 0 atom stereocenters. The van der Waals surface area contributed by atoms with E-state index < -0.39 is 0 Å². The van der Waals surface area contributed by atoms with Crippen molar-refractivity contribution >= 4 is 11.6 Å². The van der Waals surface area contributed by atoms with E-state index in [2.05, 4.69) is 17.2 Å². The van der Waals surface area contributed by atoms with Crippen molar-refractivity contribution < 1.29 is 9.53 Å². The Bertz CT molecular complexity index is 704. The topological polar surface area (TPSA) is 53.6 Å². The van der Waals surface area contributed by atoms with E-state index >= 15 is 0 Å². The SMILES string of the molecule is C=C/C(=C\C(=C/C)CNCCNc1ccccc1OC)C(=O)N1CCCCC1. The molecule has 0 saturated carbocycles. The first-order valence-electron chi connectivity index (χ1n) is 10.1. The molecule has 1 aliphatic rings. The van der Waals surface area contributed by atoms with E-state index in [0.29, 0.717) is 12.1 Å². The Morgan fingerprint density at radius 1 is 1.21 bits per heavy atom. The maximum absolute atomic E-state index is 12.7. The Balaban J connectivity index is 1.81. The summed E-state index contributed by atoms with van der Waals surface area (Å²) in [6.07, 6.45) is 9.05. The average Bonchev–Trinajstić information content (AvgIpc) is 2.76. The number of methoxy groups -OCH3 is 1. The minimum atomic E-state index is 0.0897. The number of likely N-dealkylation sites (tertiary alicyclic amines) is 1. The summed E-state index contributed by atoms with van der Waals surface area (Å²) in [6.45, 7) is 9.81. The van der Waals surface area contributed by atoms with Crippen LogP contribution < -0.4 is 15.4 Å². The number of para-hydroxylation sites is 2. The smallest absolute Gasteiger partial charge is 0.253 e. The monoisotopic (exact) mass is 383 g/mol. The van der Waals surface area contributed by atoms with Crippen LogP contribution >= 0.6 is 0 Å². The van der Waals surface area contributed by atoms with Gasteiger partial charge in [-0.2, -0.15) is 0 Å². The molecule has 1 aromatic rings. The number of rotatable bonds is 10. The molecule has 28 heavy (non-hydrogen) atoms. The third-order valence-electron chi connectivity index (χ3n) is 4.88. The molecule has 0 spiro atoms. The first kappa shape index (κ1) is 21.8. The van der Waals surface area contributed by atoms with Crippen LogP contribution in [0.1, 0.15) is 26.2 Å². The summed E-state index contributed by atoms with van der Waals surface area (Å²) in [5, 5.41) is 6.79. The highest BCUT2D eigenvalue weighted by atomic mass is 16.5. The van der Waals surface area contributed by atoms with Crippen molar-refractivity contribution in [3.63, 3.8) is 0 Å². The predicted molar refractivity (Wildman–Crippen MR) is 117 cm³/mol. The number of nitrogens with one attached hydrogen (secondary N) is 2. The minimum Gasteiger partial charge on any atom is -0.495 e. The fourth-order valence-electron chi connectivity index (χ4n) is 3.23. The Labute approximate surface area is 169 Å². The molecule has 5 nitrogen and oxygen atoms in total. The van der Waals surface area contributed by atoms with Gasteiger partial charge < -0.3 is 20.3 Å². The van der Waals surface area contributed by atoms with Crippen LogP contribution in [0.5, 0.6) is 5.75 Å². The maximum atomic E-state index is 12.7. The second-order valence-electron chi connectivity index (χ2n) is 6.82. The Kier molecular flexibility index (Phi) is 9.35.